The molecule has 1 aliphatic rings. The molecule has 0 saturated heterocycles. The Bertz CT molecular complexity index is 718. The second-order valence-electron chi connectivity index (χ2n) is 6.60. The highest BCUT2D eigenvalue weighted by Gasteiger charge is 2.43. The average molecular weight is 370 g/mol. The summed E-state index contributed by atoms with van der Waals surface area (Å²) in [5, 5.41) is 36.0. The van der Waals surface area contributed by atoms with Crippen LogP contribution < -0.4 is 10.6 Å². The van der Waals surface area contributed by atoms with E-state index in [1.54, 1.807) is 60.7 Å². The van der Waals surface area contributed by atoms with Crippen LogP contribution in [0.4, 0.5) is 0 Å². The van der Waals surface area contributed by atoms with Crippen molar-refractivity contribution in [2.45, 2.75) is 36.8 Å². The lowest BCUT2D eigenvalue weighted by Crippen LogP contribution is -2.64. The Labute approximate surface area is 156 Å². The predicted octanol–water partition coefficient (Wildman–Crippen LogP) is 0.0700. The number of carbonyl (C=O) groups excluding carboxylic acids is 2. The monoisotopic (exact) mass is 370 g/mol. The van der Waals surface area contributed by atoms with Crippen molar-refractivity contribution in [3.63, 3.8) is 0 Å². The summed E-state index contributed by atoms with van der Waals surface area (Å²) < 4.78 is 0. The number of aliphatic hydroxyl groups is 3. The first kappa shape index (κ1) is 19.0. The number of nitrogens with one attached hydrogen (secondary N) is 2. The summed E-state index contributed by atoms with van der Waals surface area (Å²) in [7, 11) is 0. The lowest BCUT2D eigenvalue weighted by Gasteiger charge is -2.41. The van der Waals surface area contributed by atoms with Gasteiger partial charge < -0.3 is 26.0 Å². The molecule has 1 fully saturated rings. The van der Waals surface area contributed by atoms with E-state index in [4.69, 9.17) is 0 Å². The molecule has 142 valence electrons. The van der Waals surface area contributed by atoms with Crippen molar-refractivity contribution < 1.29 is 24.9 Å². The van der Waals surface area contributed by atoms with E-state index in [0.717, 1.165) is 0 Å². The molecule has 4 unspecified atom stereocenters. The van der Waals surface area contributed by atoms with Crippen molar-refractivity contribution in [2.24, 2.45) is 0 Å². The largest absolute Gasteiger partial charge is 0.388 e. The van der Waals surface area contributed by atoms with Crippen LogP contribution in [0.1, 0.15) is 27.1 Å². The first-order valence-electron chi connectivity index (χ1n) is 8.73. The zero-order chi connectivity index (χ0) is 19.4. The van der Waals surface area contributed by atoms with Crippen LogP contribution in [0.25, 0.3) is 0 Å². The summed E-state index contributed by atoms with van der Waals surface area (Å²) in [6.07, 6.45) is -4.12. The van der Waals surface area contributed by atoms with Crippen molar-refractivity contribution in [2.75, 3.05) is 0 Å². The maximum absolute atomic E-state index is 12.3. The van der Waals surface area contributed by atoms with Crippen LogP contribution in [-0.2, 0) is 0 Å². The number of amides is 2. The van der Waals surface area contributed by atoms with E-state index in [1.165, 1.54) is 0 Å². The minimum Gasteiger partial charge on any atom is -0.388 e. The fourth-order valence-corrected chi connectivity index (χ4v) is 3.20. The third-order valence-electron chi connectivity index (χ3n) is 4.74. The number of carbonyl (C=O) groups is 2. The van der Waals surface area contributed by atoms with Gasteiger partial charge in [-0.25, -0.2) is 0 Å². The summed E-state index contributed by atoms with van der Waals surface area (Å²) in [6, 6.07) is 15.3. The molecule has 7 heteroatoms. The summed E-state index contributed by atoms with van der Waals surface area (Å²) in [5.74, 6) is -0.812. The second-order valence-corrected chi connectivity index (χ2v) is 6.60. The number of aliphatic hydroxyl groups excluding tert-OH is 3. The van der Waals surface area contributed by atoms with Crippen molar-refractivity contribution >= 4 is 11.8 Å². The molecular weight excluding hydrogens is 348 g/mol. The van der Waals surface area contributed by atoms with E-state index in [-0.39, 0.29) is 6.42 Å². The fraction of sp³-hybridized carbons (Fsp3) is 0.300. The smallest absolute Gasteiger partial charge is 0.251 e. The predicted molar refractivity (Wildman–Crippen MR) is 98.0 cm³/mol. The van der Waals surface area contributed by atoms with Gasteiger partial charge in [-0.2, -0.15) is 0 Å². The van der Waals surface area contributed by atoms with Crippen molar-refractivity contribution in [3.05, 3.63) is 71.8 Å². The van der Waals surface area contributed by atoms with Gasteiger partial charge in [0.2, 0.25) is 0 Å². The molecule has 1 saturated carbocycles. The van der Waals surface area contributed by atoms with Gasteiger partial charge in [0.15, 0.2) is 0 Å². The first-order chi connectivity index (χ1) is 13.0. The van der Waals surface area contributed by atoms with Crippen LogP contribution in [0.15, 0.2) is 60.7 Å². The minimum absolute atomic E-state index is 0.0799. The molecule has 2 amide bonds. The highest BCUT2D eigenvalue weighted by atomic mass is 16.4. The molecule has 0 radical (unpaired) electrons. The quantitative estimate of drug-likeness (QED) is 0.522. The maximum Gasteiger partial charge on any atom is 0.251 e. The molecular formula is C20H22N2O5. The third-order valence-corrected chi connectivity index (χ3v) is 4.74. The summed E-state index contributed by atoms with van der Waals surface area (Å²) >= 11 is 0. The molecule has 0 heterocycles. The third kappa shape index (κ3) is 4.33. The van der Waals surface area contributed by atoms with Crippen LogP contribution in [0.3, 0.4) is 0 Å². The van der Waals surface area contributed by atoms with Gasteiger partial charge in [-0.1, -0.05) is 36.4 Å². The molecule has 2 aromatic carbocycles. The van der Waals surface area contributed by atoms with Gasteiger partial charge in [0, 0.05) is 11.1 Å². The highest BCUT2D eigenvalue weighted by Crippen LogP contribution is 2.22. The van der Waals surface area contributed by atoms with E-state index in [1.807, 2.05) is 0 Å². The summed E-state index contributed by atoms with van der Waals surface area (Å²) in [6.45, 7) is 0. The molecule has 7 nitrogen and oxygen atoms in total. The standard InChI is InChI=1S/C20H22N2O5/c23-16-14(21-19(26)12-7-3-1-4-8-12)11-15(17(24)18(16)25)22-20(27)13-9-5-2-6-10-13/h1-10,14-18,23-25H,11H2,(H,21,26)(H,22,27). The highest BCUT2D eigenvalue weighted by molar-refractivity contribution is 5.95. The van der Waals surface area contributed by atoms with Crippen LogP contribution in [0, 0.1) is 0 Å². The zero-order valence-corrected chi connectivity index (χ0v) is 14.5. The molecule has 5 N–H and O–H groups in total. The molecule has 3 rings (SSSR count). The van der Waals surface area contributed by atoms with Crippen molar-refractivity contribution in [1.82, 2.24) is 10.6 Å². The van der Waals surface area contributed by atoms with E-state index >= 15 is 0 Å². The van der Waals surface area contributed by atoms with Crippen LogP contribution in [-0.4, -0.2) is 57.5 Å². The van der Waals surface area contributed by atoms with Gasteiger partial charge in [-0.3, -0.25) is 9.59 Å². The second kappa shape index (κ2) is 8.30. The number of hydrogen-bond donors (Lipinski definition) is 5. The van der Waals surface area contributed by atoms with E-state index in [9.17, 15) is 24.9 Å². The molecule has 0 aromatic heterocycles. The molecule has 1 aliphatic carbocycles. The van der Waals surface area contributed by atoms with Gasteiger partial charge in [-0.15, -0.1) is 0 Å². The first-order valence-corrected chi connectivity index (χ1v) is 8.73. The Kier molecular flexibility index (Phi) is 5.85. The molecule has 0 aliphatic heterocycles. The fourth-order valence-electron chi connectivity index (χ4n) is 3.20. The van der Waals surface area contributed by atoms with Crippen LogP contribution in [0.5, 0.6) is 0 Å². The summed E-state index contributed by atoms with van der Waals surface area (Å²) in [4.78, 5) is 24.7. The Balaban J connectivity index is 1.70. The Morgan fingerprint density at radius 2 is 1.04 bits per heavy atom. The number of hydrogen-bond acceptors (Lipinski definition) is 5. The molecule has 0 spiro atoms. The molecule has 0 bridgehead atoms. The van der Waals surface area contributed by atoms with Crippen LogP contribution >= 0.6 is 0 Å². The summed E-state index contributed by atoms with van der Waals surface area (Å²) in [5.41, 5.74) is 0.824. The lowest BCUT2D eigenvalue weighted by atomic mass is 9.83. The number of rotatable bonds is 4. The minimum atomic E-state index is -1.50. The van der Waals surface area contributed by atoms with Gasteiger partial charge >= 0.3 is 0 Å². The topological polar surface area (TPSA) is 119 Å². The normalized spacial score (nSPS) is 27.6. The van der Waals surface area contributed by atoms with Crippen LogP contribution in [0.2, 0.25) is 0 Å². The molecule has 2 aromatic rings. The van der Waals surface area contributed by atoms with Gasteiger partial charge in [0.05, 0.1) is 12.1 Å². The Morgan fingerprint density at radius 3 is 1.41 bits per heavy atom. The molecule has 4 atom stereocenters. The van der Waals surface area contributed by atoms with Gasteiger partial charge in [0.25, 0.3) is 11.8 Å². The van der Waals surface area contributed by atoms with E-state index in [0.29, 0.717) is 11.1 Å². The van der Waals surface area contributed by atoms with Crippen molar-refractivity contribution in [3.8, 4) is 0 Å². The zero-order valence-electron chi connectivity index (χ0n) is 14.5. The van der Waals surface area contributed by atoms with E-state index in [2.05, 4.69) is 10.6 Å². The Hall–Kier alpha value is -2.74. The SMILES string of the molecule is O=C(NC1CC(NC(=O)c2ccccc2)C(O)C(O)C1O)c1ccccc1. The van der Waals surface area contributed by atoms with E-state index < -0.39 is 42.2 Å². The van der Waals surface area contributed by atoms with Crippen molar-refractivity contribution in [1.29, 1.82) is 0 Å². The van der Waals surface area contributed by atoms with Gasteiger partial charge in [-0.05, 0) is 30.7 Å². The molecule has 27 heavy (non-hydrogen) atoms. The van der Waals surface area contributed by atoms with Gasteiger partial charge in [0.1, 0.15) is 18.3 Å². The maximum atomic E-state index is 12.3. The lowest BCUT2D eigenvalue weighted by molar-refractivity contribution is -0.108. The Morgan fingerprint density at radius 1 is 0.667 bits per heavy atom. The number of benzene rings is 2. The average Bonchev–Trinajstić information content (AvgIpc) is 2.71.